The van der Waals surface area contributed by atoms with Crippen molar-refractivity contribution in [3.8, 4) is 0 Å². The molecule has 4 aliphatic carbocycles. The number of aliphatic hydroxyl groups is 2. The summed E-state index contributed by atoms with van der Waals surface area (Å²) in [6.45, 7) is 11.4. The van der Waals surface area contributed by atoms with Crippen LogP contribution in [-0.4, -0.2) is 75.9 Å². The molecule has 3 bridgehead atoms. The second kappa shape index (κ2) is 10.7. The van der Waals surface area contributed by atoms with Gasteiger partial charge in [-0.1, -0.05) is 32.0 Å². The third kappa shape index (κ3) is 5.57. The van der Waals surface area contributed by atoms with Crippen molar-refractivity contribution >= 4 is 17.5 Å². The Morgan fingerprint density at radius 1 is 1.20 bits per heavy atom. The molecule has 2 unspecified atom stereocenters. The van der Waals surface area contributed by atoms with Gasteiger partial charge in [0.2, 0.25) is 11.8 Å². The lowest BCUT2D eigenvalue weighted by Crippen LogP contribution is -2.66. The van der Waals surface area contributed by atoms with Crippen molar-refractivity contribution in [2.75, 3.05) is 24.5 Å². The van der Waals surface area contributed by atoms with Crippen LogP contribution in [0.25, 0.3) is 0 Å². The predicted octanol–water partition coefficient (Wildman–Crippen LogP) is 2.97. The summed E-state index contributed by atoms with van der Waals surface area (Å²) in [5.74, 6) is 0.298. The zero-order chi connectivity index (χ0) is 29.0. The van der Waals surface area contributed by atoms with Crippen LogP contribution in [0.1, 0.15) is 78.2 Å². The average molecular weight is 555 g/mol. The second-order valence-corrected chi connectivity index (χ2v) is 14.6. The van der Waals surface area contributed by atoms with E-state index in [1.807, 2.05) is 49.9 Å². The molecule has 0 aromatic heterocycles. The molecule has 0 radical (unpaired) electrons. The molecule has 40 heavy (non-hydrogen) atoms. The van der Waals surface area contributed by atoms with Crippen LogP contribution in [0.2, 0.25) is 0 Å². The zero-order valence-corrected chi connectivity index (χ0v) is 25.0. The molecule has 8 heteroatoms. The molecule has 2 amide bonds. The molecule has 1 spiro atoms. The monoisotopic (exact) mass is 554 g/mol. The number of benzene rings is 1. The summed E-state index contributed by atoms with van der Waals surface area (Å²) < 4.78 is 0. The molecule has 5 fully saturated rings. The first-order chi connectivity index (χ1) is 18.7. The topological polar surface area (TPSA) is 119 Å². The van der Waals surface area contributed by atoms with Gasteiger partial charge in [0.05, 0.1) is 18.2 Å². The van der Waals surface area contributed by atoms with E-state index >= 15 is 0 Å². The molecule has 1 saturated heterocycles. The predicted molar refractivity (Wildman–Crippen MR) is 157 cm³/mol. The summed E-state index contributed by atoms with van der Waals surface area (Å²) in [5.41, 5.74) is 7.72. The summed E-state index contributed by atoms with van der Waals surface area (Å²) >= 11 is 0. The van der Waals surface area contributed by atoms with Crippen molar-refractivity contribution in [3.05, 3.63) is 29.8 Å². The SMILES string of the molecule is Cc1ccccc1N1CC(C)(C)N(C[C@H](N)[C@@H](O)C[C@H](C(=O)NC2CCC3(O)CC4CC2(C4)C3)C(C)C)CC1=O. The minimum absolute atomic E-state index is 0.0116. The Hall–Kier alpha value is -2.00. The Balaban J connectivity index is 1.19. The van der Waals surface area contributed by atoms with E-state index in [4.69, 9.17) is 5.73 Å². The van der Waals surface area contributed by atoms with E-state index in [-0.39, 0.29) is 53.6 Å². The molecule has 4 saturated carbocycles. The van der Waals surface area contributed by atoms with Crippen LogP contribution in [0.4, 0.5) is 5.69 Å². The van der Waals surface area contributed by atoms with Crippen molar-refractivity contribution in [1.29, 1.82) is 0 Å². The minimum Gasteiger partial charge on any atom is -0.391 e. The molecule has 5 N–H and O–H groups in total. The molecule has 8 nitrogen and oxygen atoms in total. The molecule has 1 heterocycles. The molecule has 1 aromatic rings. The third-order valence-corrected chi connectivity index (χ3v) is 10.7. The molecule has 1 aromatic carbocycles. The summed E-state index contributed by atoms with van der Waals surface area (Å²) in [7, 11) is 0. The average Bonchev–Trinajstić information content (AvgIpc) is 2.85. The number of amides is 2. The van der Waals surface area contributed by atoms with Crippen LogP contribution in [0, 0.1) is 30.1 Å². The Labute approximate surface area is 239 Å². The van der Waals surface area contributed by atoms with E-state index in [2.05, 4.69) is 24.1 Å². The number of anilines is 1. The smallest absolute Gasteiger partial charge is 0.241 e. The maximum absolute atomic E-state index is 13.6. The van der Waals surface area contributed by atoms with Gasteiger partial charge in [0.25, 0.3) is 0 Å². The number of aliphatic hydroxyl groups excluding tert-OH is 1. The van der Waals surface area contributed by atoms with Gasteiger partial charge >= 0.3 is 0 Å². The van der Waals surface area contributed by atoms with Crippen molar-refractivity contribution in [2.24, 2.45) is 28.9 Å². The van der Waals surface area contributed by atoms with Crippen molar-refractivity contribution in [3.63, 3.8) is 0 Å². The standard InChI is InChI=1S/C32H50N4O4/c1-20(2)23(29(39)34-27-10-11-32(40)15-22-13-31(27,14-22)18-32)12-26(37)24(33)16-35-17-28(38)36(19-30(35,4)5)25-9-7-6-8-21(25)3/h6-9,20,22-24,26-27,37,40H,10-19,33H2,1-5H3,(H,34,39)/t22?,23-,24-,26-,27?,31?,32?/m0/s1. The van der Waals surface area contributed by atoms with Gasteiger partial charge in [-0.15, -0.1) is 0 Å². The molecule has 6 rings (SSSR count). The summed E-state index contributed by atoms with van der Waals surface area (Å²) in [5, 5.41) is 25.5. The number of hydrogen-bond acceptors (Lipinski definition) is 6. The molecular weight excluding hydrogens is 504 g/mol. The van der Waals surface area contributed by atoms with Crippen LogP contribution in [0.5, 0.6) is 0 Å². The van der Waals surface area contributed by atoms with Gasteiger partial charge in [0, 0.05) is 42.3 Å². The van der Waals surface area contributed by atoms with Gasteiger partial charge in [0.15, 0.2) is 0 Å². The number of aryl methyl sites for hydroxylation is 1. The third-order valence-electron chi connectivity index (χ3n) is 10.7. The largest absolute Gasteiger partial charge is 0.391 e. The Kier molecular flexibility index (Phi) is 7.88. The lowest BCUT2D eigenvalue weighted by atomic mass is 9.44. The highest BCUT2D eigenvalue weighted by Crippen LogP contribution is 2.64. The first-order valence-electron chi connectivity index (χ1n) is 15.3. The fourth-order valence-corrected chi connectivity index (χ4v) is 8.39. The summed E-state index contributed by atoms with van der Waals surface area (Å²) in [6.07, 6.45) is 4.91. The van der Waals surface area contributed by atoms with Crippen LogP contribution in [0.15, 0.2) is 24.3 Å². The summed E-state index contributed by atoms with van der Waals surface area (Å²) in [4.78, 5) is 30.7. The second-order valence-electron chi connectivity index (χ2n) is 14.6. The lowest BCUT2D eigenvalue weighted by molar-refractivity contribution is -0.186. The number of para-hydroxylation sites is 1. The van der Waals surface area contributed by atoms with Gasteiger partial charge < -0.3 is 26.2 Å². The van der Waals surface area contributed by atoms with Crippen molar-refractivity contribution < 1.29 is 19.8 Å². The normalized spacial score (nSPS) is 33.7. The Morgan fingerprint density at radius 3 is 2.58 bits per heavy atom. The highest BCUT2D eigenvalue weighted by Gasteiger charge is 2.62. The first-order valence-corrected chi connectivity index (χ1v) is 15.3. The number of piperazine rings is 1. The number of rotatable bonds is 9. The molecule has 1 aliphatic heterocycles. The van der Waals surface area contributed by atoms with E-state index < -0.39 is 17.7 Å². The Bertz CT molecular complexity index is 1120. The fourth-order valence-electron chi connectivity index (χ4n) is 8.39. The molecule has 5 atom stereocenters. The van der Waals surface area contributed by atoms with Crippen LogP contribution in [-0.2, 0) is 9.59 Å². The number of carbonyl (C=O) groups excluding carboxylic acids is 2. The lowest BCUT2D eigenvalue weighted by Gasteiger charge is -2.64. The quantitative estimate of drug-likeness (QED) is 0.373. The van der Waals surface area contributed by atoms with Gasteiger partial charge in [-0.2, -0.15) is 0 Å². The Morgan fingerprint density at radius 2 is 1.90 bits per heavy atom. The number of carbonyl (C=O) groups is 2. The molecule has 5 aliphatic rings. The van der Waals surface area contributed by atoms with Crippen LogP contribution < -0.4 is 16.0 Å². The highest BCUT2D eigenvalue weighted by atomic mass is 16.3. The van der Waals surface area contributed by atoms with E-state index in [0.29, 0.717) is 19.0 Å². The summed E-state index contributed by atoms with van der Waals surface area (Å²) in [6, 6.07) is 7.44. The fraction of sp³-hybridized carbons (Fsp3) is 0.750. The maximum Gasteiger partial charge on any atom is 0.241 e. The molecular formula is C32H50N4O4. The van der Waals surface area contributed by atoms with Crippen LogP contribution in [0.3, 0.4) is 0 Å². The van der Waals surface area contributed by atoms with Crippen molar-refractivity contribution in [1.82, 2.24) is 10.2 Å². The highest BCUT2D eigenvalue weighted by molar-refractivity contribution is 5.96. The van der Waals surface area contributed by atoms with E-state index in [1.54, 1.807) is 0 Å². The van der Waals surface area contributed by atoms with Gasteiger partial charge in [-0.25, -0.2) is 0 Å². The number of nitrogens with one attached hydrogen (secondary N) is 1. The van der Waals surface area contributed by atoms with E-state index in [9.17, 15) is 19.8 Å². The van der Waals surface area contributed by atoms with Gasteiger partial charge in [-0.3, -0.25) is 14.5 Å². The van der Waals surface area contributed by atoms with E-state index in [1.165, 1.54) is 0 Å². The maximum atomic E-state index is 13.6. The number of nitrogens with zero attached hydrogens (tertiary/aromatic N) is 2. The molecule has 222 valence electrons. The number of nitrogens with two attached hydrogens (primary N) is 1. The van der Waals surface area contributed by atoms with E-state index in [0.717, 1.165) is 49.8 Å². The van der Waals surface area contributed by atoms with Crippen molar-refractivity contribution in [2.45, 2.75) is 109 Å². The first kappa shape index (κ1) is 29.5. The van der Waals surface area contributed by atoms with Gasteiger partial charge in [-0.05, 0) is 94.6 Å². The van der Waals surface area contributed by atoms with Crippen LogP contribution >= 0.6 is 0 Å². The zero-order valence-electron chi connectivity index (χ0n) is 25.0. The van der Waals surface area contributed by atoms with Gasteiger partial charge in [0.1, 0.15) is 0 Å². The number of hydrogen-bond donors (Lipinski definition) is 4. The minimum atomic E-state index is -0.865.